The molecular weight excluding hydrogens is 410 g/mol. The van der Waals surface area contributed by atoms with Crippen molar-refractivity contribution in [1.29, 1.82) is 0 Å². The zero-order valence-corrected chi connectivity index (χ0v) is 16.0. The molecule has 8 heteroatoms. The normalized spacial score (nSPS) is 10.4. The average Bonchev–Trinajstić information content (AvgIpc) is 2.56. The van der Waals surface area contributed by atoms with Crippen molar-refractivity contribution >= 4 is 45.0 Å². The van der Waals surface area contributed by atoms with E-state index in [9.17, 15) is 9.59 Å². The van der Waals surface area contributed by atoms with E-state index in [0.717, 1.165) is 4.47 Å². The minimum Gasteiger partial charge on any atom is -0.474 e. The van der Waals surface area contributed by atoms with Gasteiger partial charge >= 0.3 is 0 Å². The fourth-order valence-electron chi connectivity index (χ4n) is 1.86. The number of halogens is 2. The number of hydrogen-bond donors (Lipinski definition) is 2. The van der Waals surface area contributed by atoms with E-state index in [1.54, 1.807) is 12.1 Å². The molecule has 0 saturated heterocycles. The standard InChI is InChI=1S/C17H17BrClN3O3/c1-10(2)25-17-14(19)7-11(8-21-17)16(24)20-9-15(23)22-13-5-3-12(18)4-6-13/h3-8,10H,9H2,1-2H3,(H,20,24)(H,22,23). The molecule has 6 nitrogen and oxygen atoms in total. The molecule has 0 aliphatic rings. The second kappa shape index (κ2) is 8.82. The summed E-state index contributed by atoms with van der Waals surface area (Å²) in [5.41, 5.74) is 0.889. The van der Waals surface area contributed by atoms with Crippen molar-refractivity contribution in [3.8, 4) is 5.88 Å². The zero-order valence-electron chi connectivity index (χ0n) is 13.7. The van der Waals surface area contributed by atoms with Gasteiger partial charge in [0.25, 0.3) is 5.91 Å². The first-order valence-electron chi connectivity index (χ1n) is 7.51. The van der Waals surface area contributed by atoms with Crippen LogP contribution in [0, 0.1) is 0 Å². The van der Waals surface area contributed by atoms with Crippen molar-refractivity contribution in [2.24, 2.45) is 0 Å². The van der Waals surface area contributed by atoms with Crippen LogP contribution in [0.4, 0.5) is 5.69 Å². The maximum absolute atomic E-state index is 12.1. The van der Waals surface area contributed by atoms with Gasteiger partial charge in [0, 0.05) is 16.4 Å². The lowest BCUT2D eigenvalue weighted by atomic mass is 10.2. The molecule has 0 fully saturated rings. The molecule has 1 aromatic carbocycles. The number of nitrogens with one attached hydrogen (secondary N) is 2. The van der Waals surface area contributed by atoms with E-state index < -0.39 is 5.91 Å². The SMILES string of the molecule is CC(C)Oc1ncc(C(=O)NCC(=O)Nc2ccc(Br)cc2)cc1Cl. The monoisotopic (exact) mass is 425 g/mol. The minimum atomic E-state index is -0.448. The van der Waals surface area contributed by atoms with E-state index in [-0.39, 0.29) is 35.0 Å². The Hall–Kier alpha value is -2.12. The summed E-state index contributed by atoms with van der Waals surface area (Å²) >= 11 is 9.37. The molecule has 0 aliphatic carbocycles. The number of carbonyl (C=O) groups is 2. The fourth-order valence-corrected chi connectivity index (χ4v) is 2.34. The van der Waals surface area contributed by atoms with E-state index in [4.69, 9.17) is 16.3 Å². The molecule has 2 rings (SSSR count). The second-order valence-corrected chi connectivity index (χ2v) is 6.74. The van der Waals surface area contributed by atoms with Gasteiger partial charge in [-0.1, -0.05) is 27.5 Å². The van der Waals surface area contributed by atoms with Gasteiger partial charge in [-0.25, -0.2) is 4.98 Å². The molecule has 0 unspecified atom stereocenters. The first-order chi connectivity index (χ1) is 11.8. The molecule has 2 N–H and O–H groups in total. The number of anilines is 1. The van der Waals surface area contributed by atoms with Crippen LogP contribution < -0.4 is 15.4 Å². The highest BCUT2D eigenvalue weighted by molar-refractivity contribution is 9.10. The molecule has 2 amide bonds. The molecule has 0 spiro atoms. The van der Waals surface area contributed by atoms with Gasteiger partial charge in [-0.2, -0.15) is 0 Å². The van der Waals surface area contributed by atoms with Crippen LogP contribution in [0.3, 0.4) is 0 Å². The van der Waals surface area contributed by atoms with Gasteiger partial charge in [-0.05, 0) is 44.2 Å². The Morgan fingerprint density at radius 2 is 1.96 bits per heavy atom. The molecule has 132 valence electrons. The number of amides is 2. The summed E-state index contributed by atoms with van der Waals surface area (Å²) in [4.78, 5) is 28.0. The first kappa shape index (κ1) is 19.2. The summed E-state index contributed by atoms with van der Waals surface area (Å²) in [5, 5.41) is 5.44. The highest BCUT2D eigenvalue weighted by atomic mass is 79.9. The number of carbonyl (C=O) groups excluding carboxylic acids is 2. The van der Waals surface area contributed by atoms with Gasteiger partial charge in [-0.3, -0.25) is 9.59 Å². The molecule has 0 saturated carbocycles. The number of ether oxygens (including phenoxy) is 1. The Morgan fingerprint density at radius 3 is 2.56 bits per heavy atom. The number of rotatable bonds is 6. The van der Waals surface area contributed by atoms with Crippen LogP contribution in [0.5, 0.6) is 5.88 Å². The Balaban J connectivity index is 1.90. The van der Waals surface area contributed by atoms with Crippen LogP contribution >= 0.6 is 27.5 Å². The highest BCUT2D eigenvalue weighted by Gasteiger charge is 2.13. The zero-order chi connectivity index (χ0) is 18.4. The van der Waals surface area contributed by atoms with Gasteiger partial charge in [0.15, 0.2) is 0 Å². The molecule has 0 atom stereocenters. The summed E-state index contributed by atoms with van der Waals surface area (Å²) in [6.45, 7) is 3.53. The fraction of sp³-hybridized carbons (Fsp3) is 0.235. The van der Waals surface area contributed by atoms with E-state index in [1.165, 1.54) is 12.3 Å². The van der Waals surface area contributed by atoms with Gasteiger partial charge < -0.3 is 15.4 Å². The predicted octanol–water partition coefficient (Wildman–Crippen LogP) is 3.65. The first-order valence-corrected chi connectivity index (χ1v) is 8.68. The van der Waals surface area contributed by atoms with Crippen molar-refractivity contribution in [1.82, 2.24) is 10.3 Å². The van der Waals surface area contributed by atoms with Crippen molar-refractivity contribution in [2.75, 3.05) is 11.9 Å². The third-order valence-electron chi connectivity index (χ3n) is 2.95. The maximum Gasteiger partial charge on any atom is 0.253 e. The Kier molecular flexibility index (Phi) is 6.78. The number of aromatic nitrogens is 1. The van der Waals surface area contributed by atoms with Crippen LogP contribution in [0.25, 0.3) is 0 Å². The van der Waals surface area contributed by atoms with E-state index >= 15 is 0 Å². The van der Waals surface area contributed by atoms with Crippen molar-refractivity contribution < 1.29 is 14.3 Å². The quantitative estimate of drug-likeness (QED) is 0.739. The smallest absolute Gasteiger partial charge is 0.253 e. The summed E-state index contributed by atoms with van der Waals surface area (Å²) < 4.78 is 6.32. The Morgan fingerprint density at radius 1 is 1.28 bits per heavy atom. The third-order valence-corrected chi connectivity index (χ3v) is 3.75. The van der Waals surface area contributed by atoms with Crippen LogP contribution in [0.15, 0.2) is 41.0 Å². The number of benzene rings is 1. The van der Waals surface area contributed by atoms with E-state index in [0.29, 0.717) is 5.69 Å². The minimum absolute atomic E-state index is 0.0769. The van der Waals surface area contributed by atoms with Crippen molar-refractivity contribution in [3.63, 3.8) is 0 Å². The largest absolute Gasteiger partial charge is 0.474 e. The molecule has 0 aliphatic heterocycles. The van der Waals surface area contributed by atoms with Crippen LogP contribution in [0.1, 0.15) is 24.2 Å². The van der Waals surface area contributed by atoms with Crippen LogP contribution in [-0.4, -0.2) is 29.4 Å². The number of nitrogens with zero attached hydrogens (tertiary/aromatic N) is 1. The van der Waals surface area contributed by atoms with Gasteiger partial charge in [0.1, 0.15) is 5.02 Å². The van der Waals surface area contributed by atoms with Crippen molar-refractivity contribution in [2.45, 2.75) is 20.0 Å². The van der Waals surface area contributed by atoms with Crippen molar-refractivity contribution in [3.05, 3.63) is 51.6 Å². The molecular formula is C17H17BrClN3O3. The Labute approximate surface area is 159 Å². The molecule has 25 heavy (non-hydrogen) atoms. The van der Waals surface area contributed by atoms with Gasteiger partial charge in [-0.15, -0.1) is 0 Å². The van der Waals surface area contributed by atoms with E-state index in [2.05, 4.69) is 31.5 Å². The second-order valence-electron chi connectivity index (χ2n) is 5.42. The summed E-state index contributed by atoms with van der Waals surface area (Å²) in [6, 6.07) is 8.57. The predicted molar refractivity (Wildman–Crippen MR) is 100 cm³/mol. The summed E-state index contributed by atoms with van der Waals surface area (Å²) in [6.07, 6.45) is 1.28. The average molecular weight is 427 g/mol. The van der Waals surface area contributed by atoms with Crippen LogP contribution in [-0.2, 0) is 4.79 Å². The highest BCUT2D eigenvalue weighted by Crippen LogP contribution is 2.23. The van der Waals surface area contributed by atoms with Crippen LogP contribution in [0.2, 0.25) is 5.02 Å². The third kappa shape index (κ3) is 6.03. The molecule has 1 aromatic heterocycles. The lowest BCUT2D eigenvalue weighted by molar-refractivity contribution is -0.115. The Bertz CT molecular complexity index is 766. The number of pyridine rings is 1. The molecule has 0 radical (unpaired) electrons. The molecule has 2 aromatic rings. The molecule has 1 heterocycles. The number of hydrogen-bond acceptors (Lipinski definition) is 4. The summed E-state index contributed by atoms with van der Waals surface area (Å²) in [5.74, 6) is -0.521. The lowest BCUT2D eigenvalue weighted by Gasteiger charge is -2.11. The molecule has 0 bridgehead atoms. The summed E-state index contributed by atoms with van der Waals surface area (Å²) in [7, 11) is 0. The topological polar surface area (TPSA) is 80.3 Å². The lowest BCUT2D eigenvalue weighted by Crippen LogP contribution is -2.32. The van der Waals surface area contributed by atoms with Gasteiger partial charge in [0.05, 0.1) is 18.2 Å². The van der Waals surface area contributed by atoms with E-state index in [1.807, 2.05) is 26.0 Å². The van der Waals surface area contributed by atoms with Gasteiger partial charge in [0.2, 0.25) is 11.8 Å². The maximum atomic E-state index is 12.1.